The average Bonchev–Trinajstić information content (AvgIpc) is 1.77. The number of terminal acetylenes is 1. The van der Waals surface area contributed by atoms with Crippen LogP contribution in [0, 0.1) is 18.3 Å². The molecular formula is C6H4F6. The van der Waals surface area contributed by atoms with Gasteiger partial charge in [0.2, 0.25) is 0 Å². The van der Waals surface area contributed by atoms with Crippen molar-refractivity contribution in [1.82, 2.24) is 0 Å². The molecule has 0 aromatic rings. The molecule has 0 saturated heterocycles. The molecule has 0 amide bonds. The van der Waals surface area contributed by atoms with E-state index in [-0.39, 0.29) is 0 Å². The lowest BCUT2D eigenvalue weighted by Crippen LogP contribution is -2.35. The minimum Gasteiger partial charge on any atom is -0.170 e. The molecule has 0 aliphatic heterocycles. The van der Waals surface area contributed by atoms with E-state index in [1.165, 1.54) is 5.92 Å². The minimum atomic E-state index is -5.31. The molecule has 0 unspecified atom stereocenters. The van der Waals surface area contributed by atoms with Crippen LogP contribution < -0.4 is 0 Å². The molecule has 0 radical (unpaired) electrons. The number of halogens is 6. The fourth-order valence-corrected chi connectivity index (χ4v) is 0.535. The van der Waals surface area contributed by atoms with Crippen LogP contribution in [0.4, 0.5) is 26.3 Å². The molecular weight excluding hydrogens is 186 g/mol. The van der Waals surface area contributed by atoms with E-state index in [1.807, 2.05) is 0 Å². The molecule has 0 aromatic heterocycles. The summed E-state index contributed by atoms with van der Waals surface area (Å²) >= 11 is 0. The Balaban J connectivity index is 4.59. The Morgan fingerprint density at radius 3 is 1.42 bits per heavy atom. The second-order valence-corrected chi connectivity index (χ2v) is 2.04. The molecule has 0 heterocycles. The third-order valence-electron chi connectivity index (χ3n) is 1.11. The van der Waals surface area contributed by atoms with Crippen LogP contribution in [0.15, 0.2) is 0 Å². The molecule has 0 bridgehead atoms. The normalized spacial score (nSPS) is 13.2. The summed E-state index contributed by atoms with van der Waals surface area (Å²) in [6, 6.07) is 0. The van der Waals surface area contributed by atoms with Crippen molar-refractivity contribution in [3.05, 3.63) is 0 Å². The van der Waals surface area contributed by atoms with Gasteiger partial charge in [-0.05, 0) is 0 Å². The van der Waals surface area contributed by atoms with Gasteiger partial charge in [0.1, 0.15) is 0 Å². The van der Waals surface area contributed by atoms with Gasteiger partial charge in [0.15, 0.2) is 5.92 Å². The van der Waals surface area contributed by atoms with Crippen LogP contribution >= 0.6 is 0 Å². The summed E-state index contributed by atoms with van der Waals surface area (Å²) in [6.45, 7) is 0. The van der Waals surface area contributed by atoms with Gasteiger partial charge >= 0.3 is 12.4 Å². The highest BCUT2D eigenvalue weighted by Gasteiger charge is 2.55. The highest BCUT2D eigenvalue weighted by atomic mass is 19.4. The van der Waals surface area contributed by atoms with Gasteiger partial charge in [0, 0.05) is 6.42 Å². The molecule has 6 heteroatoms. The number of rotatable bonds is 1. The van der Waals surface area contributed by atoms with Crippen molar-refractivity contribution in [3.8, 4) is 12.3 Å². The summed E-state index contributed by atoms with van der Waals surface area (Å²) in [7, 11) is 0. The fraction of sp³-hybridized carbons (Fsp3) is 0.667. The van der Waals surface area contributed by atoms with Crippen LogP contribution in [0.25, 0.3) is 0 Å². The van der Waals surface area contributed by atoms with Crippen molar-refractivity contribution in [2.45, 2.75) is 18.8 Å². The Labute approximate surface area is 64.6 Å². The van der Waals surface area contributed by atoms with Gasteiger partial charge in [-0.25, -0.2) is 0 Å². The Morgan fingerprint density at radius 1 is 1.00 bits per heavy atom. The van der Waals surface area contributed by atoms with Gasteiger partial charge in [-0.15, -0.1) is 12.3 Å². The Bertz CT molecular complexity index is 166. The van der Waals surface area contributed by atoms with E-state index >= 15 is 0 Å². The van der Waals surface area contributed by atoms with E-state index in [1.54, 1.807) is 0 Å². The largest absolute Gasteiger partial charge is 0.401 e. The first kappa shape index (κ1) is 11.1. The van der Waals surface area contributed by atoms with Crippen LogP contribution in [0.1, 0.15) is 6.42 Å². The maximum Gasteiger partial charge on any atom is 0.401 e. The zero-order valence-electron chi connectivity index (χ0n) is 5.63. The average molecular weight is 190 g/mol. The Morgan fingerprint density at radius 2 is 1.33 bits per heavy atom. The van der Waals surface area contributed by atoms with Crippen LogP contribution in [0.3, 0.4) is 0 Å². The zero-order chi connectivity index (χ0) is 9.99. The Hall–Kier alpha value is -0.860. The predicted molar refractivity (Wildman–Crippen MR) is 29.0 cm³/mol. The molecule has 0 aromatic carbocycles. The van der Waals surface area contributed by atoms with Crippen molar-refractivity contribution in [1.29, 1.82) is 0 Å². The molecule has 0 rings (SSSR count). The number of hydrogen-bond donors (Lipinski definition) is 0. The van der Waals surface area contributed by atoms with Gasteiger partial charge in [0.25, 0.3) is 0 Å². The highest BCUT2D eigenvalue weighted by molar-refractivity contribution is 4.91. The summed E-state index contributed by atoms with van der Waals surface area (Å²) < 4.78 is 69.5. The zero-order valence-corrected chi connectivity index (χ0v) is 5.63. The highest BCUT2D eigenvalue weighted by Crippen LogP contribution is 2.40. The molecule has 0 saturated carbocycles. The summed E-state index contributed by atoms with van der Waals surface area (Å²) in [5.74, 6) is -2.07. The lowest BCUT2D eigenvalue weighted by Gasteiger charge is -2.20. The van der Waals surface area contributed by atoms with E-state index in [0.717, 1.165) is 0 Å². The standard InChI is InChI=1S/C6H4F6/c1-2-3-4(5(7,8)9)6(10,11)12/h1,4H,3H2. The molecule has 0 aliphatic rings. The van der Waals surface area contributed by atoms with Crippen molar-refractivity contribution in [2.24, 2.45) is 5.92 Å². The van der Waals surface area contributed by atoms with E-state index in [4.69, 9.17) is 0 Å². The molecule has 0 atom stereocenters. The summed E-state index contributed by atoms with van der Waals surface area (Å²) in [5, 5.41) is 0. The molecule has 0 spiro atoms. The topological polar surface area (TPSA) is 0 Å². The second kappa shape index (κ2) is 3.25. The van der Waals surface area contributed by atoms with E-state index in [9.17, 15) is 26.3 Å². The molecule has 0 fully saturated rings. The van der Waals surface area contributed by atoms with E-state index < -0.39 is 24.7 Å². The first-order valence-electron chi connectivity index (χ1n) is 2.76. The van der Waals surface area contributed by atoms with Crippen molar-refractivity contribution in [3.63, 3.8) is 0 Å². The number of hydrogen-bond acceptors (Lipinski definition) is 0. The van der Waals surface area contributed by atoms with Gasteiger partial charge in [0.05, 0.1) is 0 Å². The monoisotopic (exact) mass is 190 g/mol. The minimum absolute atomic E-state index is 1.34. The Kier molecular flexibility index (Phi) is 3.02. The first-order valence-corrected chi connectivity index (χ1v) is 2.76. The predicted octanol–water partition coefficient (Wildman–Crippen LogP) is 2.75. The lowest BCUT2D eigenvalue weighted by molar-refractivity contribution is -0.282. The quantitative estimate of drug-likeness (QED) is 0.440. The maximum absolute atomic E-state index is 11.6. The number of alkyl halides is 6. The van der Waals surface area contributed by atoms with Crippen molar-refractivity contribution in [2.75, 3.05) is 0 Å². The van der Waals surface area contributed by atoms with Gasteiger partial charge in [-0.3, -0.25) is 0 Å². The molecule has 0 N–H and O–H groups in total. The molecule has 70 valence electrons. The third kappa shape index (κ3) is 3.03. The van der Waals surface area contributed by atoms with Crippen LogP contribution in [0.2, 0.25) is 0 Å². The molecule has 0 nitrogen and oxygen atoms in total. The lowest BCUT2D eigenvalue weighted by atomic mass is 10.1. The smallest absolute Gasteiger partial charge is 0.170 e. The van der Waals surface area contributed by atoms with Crippen LogP contribution in [0.5, 0.6) is 0 Å². The summed E-state index contributed by atoms with van der Waals surface area (Å²) in [5.41, 5.74) is 0. The second-order valence-electron chi connectivity index (χ2n) is 2.04. The summed E-state index contributed by atoms with van der Waals surface area (Å²) in [4.78, 5) is 0. The van der Waals surface area contributed by atoms with Crippen LogP contribution in [-0.2, 0) is 0 Å². The molecule has 12 heavy (non-hydrogen) atoms. The van der Waals surface area contributed by atoms with Crippen LogP contribution in [-0.4, -0.2) is 12.4 Å². The third-order valence-corrected chi connectivity index (χ3v) is 1.11. The fourth-order valence-electron chi connectivity index (χ4n) is 0.535. The van der Waals surface area contributed by atoms with Gasteiger partial charge in [-0.1, -0.05) is 0 Å². The SMILES string of the molecule is C#CCC(C(F)(F)F)C(F)(F)F. The first-order chi connectivity index (χ1) is 5.19. The van der Waals surface area contributed by atoms with Crippen molar-refractivity contribution < 1.29 is 26.3 Å². The summed E-state index contributed by atoms with van der Waals surface area (Å²) in [6.07, 6.45) is -7.62. The van der Waals surface area contributed by atoms with Gasteiger partial charge < -0.3 is 0 Å². The van der Waals surface area contributed by atoms with E-state index in [0.29, 0.717) is 0 Å². The molecule has 0 aliphatic carbocycles. The van der Waals surface area contributed by atoms with Gasteiger partial charge in [-0.2, -0.15) is 26.3 Å². The maximum atomic E-state index is 11.6. The van der Waals surface area contributed by atoms with Crippen molar-refractivity contribution >= 4 is 0 Å². The van der Waals surface area contributed by atoms with E-state index in [2.05, 4.69) is 6.42 Å².